The van der Waals surface area contributed by atoms with Crippen LogP contribution in [-0.2, 0) is 14.5 Å². The summed E-state index contributed by atoms with van der Waals surface area (Å²) in [5.74, 6) is -0.702. The quantitative estimate of drug-likeness (QED) is 0.294. The second-order valence-corrected chi connectivity index (χ2v) is 5.07. The van der Waals surface area contributed by atoms with Gasteiger partial charge in [-0.05, 0) is 41.0 Å². The third-order valence-corrected chi connectivity index (χ3v) is 1.91. The number of hydrogen-bond donors (Lipinski definition) is 0. The van der Waals surface area contributed by atoms with E-state index in [2.05, 4.69) is 6.58 Å². The van der Waals surface area contributed by atoms with Gasteiger partial charge >= 0.3 is 0 Å². The zero-order valence-electron chi connectivity index (χ0n) is 10.8. The van der Waals surface area contributed by atoms with E-state index >= 15 is 0 Å². The molecule has 0 aromatic heterocycles. The Kier molecular flexibility index (Phi) is 5.49. The van der Waals surface area contributed by atoms with Crippen LogP contribution in [0.4, 0.5) is 0 Å². The zero-order valence-corrected chi connectivity index (χ0v) is 10.8. The molecule has 0 N–H and O–H groups in total. The highest BCUT2D eigenvalue weighted by Gasteiger charge is 2.28. The second kappa shape index (κ2) is 5.64. The van der Waals surface area contributed by atoms with Crippen LogP contribution >= 0.6 is 0 Å². The van der Waals surface area contributed by atoms with Crippen LogP contribution < -0.4 is 0 Å². The lowest BCUT2D eigenvalue weighted by atomic mass is 10.1. The van der Waals surface area contributed by atoms with E-state index in [1.54, 1.807) is 7.11 Å². The van der Waals surface area contributed by atoms with Crippen molar-refractivity contribution in [3.63, 3.8) is 0 Å². The Balaban J connectivity index is 4.13. The van der Waals surface area contributed by atoms with Crippen LogP contribution in [0.25, 0.3) is 0 Å². The van der Waals surface area contributed by atoms with Crippen molar-refractivity contribution in [1.29, 1.82) is 0 Å². The van der Waals surface area contributed by atoms with Crippen molar-refractivity contribution >= 4 is 0 Å². The Morgan fingerprint density at radius 3 is 2.00 bits per heavy atom. The van der Waals surface area contributed by atoms with E-state index in [1.165, 1.54) is 0 Å². The van der Waals surface area contributed by atoms with E-state index in [0.29, 0.717) is 0 Å². The minimum Gasteiger partial charge on any atom is -0.351 e. The van der Waals surface area contributed by atoms with Gasteiger partial charge in [-0.15, -0.1) is 6.58 Å². The van der Waals surface area contributed by atoms with Gasteiger partial charge in [0.2, 0.25) is 0 Å². The van der Waals surface area contributed by atoms with E-state index in [9.17, 15) is 0 Å². The molecule has 0 aliphatic heterocycles. The molecule has 0 saturated heterocycles. The third kappa shape index (κ3) is 7.54. The van der Waals surface area contributed by atoms with Crippen LogP contribution in [0.2, 0.25) is 0 Å². The molecule has 0 aromatic carbocycles. The second-order valence-electron chi connectivity index (χ2n) is 5.07. The average Bonchev–Trinajstić information content (AvgIpc) is 2.10. The summed E-state index contributed by atoms with van der Waals surface area (Å²) in [5, 5.41) is 0. The van der Waals surface area contributed by atoms with Gasteiger partial charge in [-0.3, -0.25) is 0 Å². The maximum atomic E-state index is 5.33. The summed E-state index contributed by atoms with van der Waals surface area (Å²) in [6, 6.07) is 0. The van der Waals surface area contributed by atoms with Crippen molar-refractivity contribution in [2.24, 2.45) is 0 Å². The lowest BCUT2D eigenvalue weighted by Crippen LogP contribution is -2.35. The predicted octanol–water partition coefficient (Wildman–Crippen LogP) is 3.45. The van der Waals surface area contributed by atoms with Crippen LogP contribution in [0.15, 0.2) is 12.2 Å². The molecule has 1 unspecified atom stereocenters. The van der Waals surface area contributed by atoms with Gasteiger partial charge in [-0.2, -0.15) is 0 Å². The molecule has 0 spiro atoms. The molecular formula is C12H24O3. The number of methoxy groups -OCH3 is 1. The van der Waals surface area contributed by atoms with Crippen LogP contribution in [-0.4, -0.2) is 18.5 Å². The van der Waals surface area contributed by atoms with Crippen molar-refractivity contribution in [3.8, 4) is 0 Å². The molecule has 3 nitrogen and oxygen atoms in total. The Morgan fingerprint density at radius 1 is 1.13 bits per heavy atom. The van der Waals surface area contributed by atoms with Gasteiger partial charge in [0.25, 0.3) is 0 Å². The standard InChI is InChI=1S/C12H24O3/c1-10(2)8-9-12(6,13-7)15-14-11(3,4)5/h1,8-9H2,2-7H3. The minimum absolute atomic E-state index is 0.330. The van der Waals surface area contributed by atoms with E-state index in [1.807, 2.05) is 34.6 Å². The van der Waals surface area contributed by atoms with Crippen LogP contribution in [0.1, 0.15) is 47.5 Å². The van der Waals surface area contributed by atoms with Crippen LogP contribution in [0, 0.1) is 0 Å². The summed E-state index contributed by atoms with van der Waals surface area (Å²) in [6.45, 7) is 13.5. The van der Waals surface area contributed by atoms with Gasteiger partial charge in [0.05, 0.1) is 5.60 Å². The Bertz CT molecular complexity index is 205. The van der Waals surface area contributed by atoms with E-state index in [-0.39, 0.29) is 5.60 Å². The summed E-state index contributed by atoms with van der Waals surface area (Å²) >= 11 is 0. The van der Waals surface area contributed by atoms with E-state index < -0.39 is 5.79 Å². The summed E-state index contributed by atoms with van der Waals surface area (Å²) in [5.41, 5.74) is 0.779. The molecule has 0 aromatic rings. The smallest absolute Gasteiger partial charge is 0.198 e. The predicted molar refractivity (Wildman–Crippen MR) is 61.4 cm³/mol. The van der Waals surface area contributed by atoms with Crippen molar-refractivity contribution in [2.45, 2.75) is 58.8 Å². The molecule has 0 saturated carbocycles. The molecule has 0 aliphatic rings. The molecule has 0 amide bonds. The maximum absolute atomic E-state index is 5.33. The van der Waals surface area contributed by atoms with Crippen molar-refractivity contribution in [3.05, 3.63) is 12.2 Å². The Hall–Kier alpha value is -0.380. The lowest BCUT2D eigenvalue weighted by molar-refractivity contribution is -0.452. The van der Waals surface area contributed by atoms with Gasteiger partial charge in [0.1, 0.15) is 0 Å². The van der Waals surface area contributed by atoms with Crippen molar-refractivity contribution in [1.82, 2.24) is 0 Å². The fourth-order valence-electron chi connectivity index (χ4n) is 0.831. The highest BCUT2D eigenvalue weighted by atomic mass is 17.2. The largest absolute Gasteiger partial charge is 0.351 e. The van der Waals surface area contributed by atoms with Crippen LogP contribution in [0.5, 0.6) is 0 Å². The topological polar surface area (TPSA) is 27.7 Å². The maximum Gasteiger partial charge on any atom is 0.198 e. The van der Waals surface area contributed by atoms with E-state index in [4.69, 9.17) is 14.5 Å². The van der Waals surface area contributed by atoms with Gasteiger partial charge in [0, 0.05) is 13.5 Å². The Labute approximate surface area is 93.3 Å². The highest BCUT2D eigenvalue weighted by molar-refractivity contribution is 4.89. The summed E-state index contributed by atoms with van der Waals surface area (Å²) < 4.78 is 5.30. The number of hydrogen-bond acceptors (Lipinski definition) is 3. The summed E-state index contributed by atoms with van der Waals surface area (Å²) in [6.07, 6.45) is 1.59. The molecule has 0 bridgehead atoms. The first-order valence-electron chi connectivity index (χ1n) is 5.25. The first-order valence-corrected chi connectivity index (χ1v) is 5.25. The Morgan fingerprint density at radius 2 is 1.67 bits per heavy atom. The number of ether oxygens (including phenoxy) is 1. The van der Waals surface area contributed by atoms with Gasteiger partial charge < -0.3 is 4.74 Å². The van der Waals surface area contributed by atoms with E-state index in [0.717, 1.165) is 18.4 Å². The van der Waals surface area contributed by atoms with Crippen molar-refractivity contribution < 1.29 is 14.5 Å². The van der Waals surface area contributed by atoms with Gasteiger partial charge in [0.15, 0.2) is 5.79 Å². The molecule has 0 heterocycles. The molecule has 90 valence electrons. The lowest BCUT2D eigenvalue weighted by Gasteiger charge is -2.30. The minimum atomic E-state index is -0.702. The first kappa shape index (κ1) is 14.6. The number of rotatable bonds is 6. The normalized spacial score (nSPS) is 16.1. The van der Waals surface area contributed by atoms with Gasteiger partial charge in [-0.25, -0.2) is 9.78 Å². The molecule has 3 heteroatoms. The number of allylic oxidation sites excluding steroid dienone is 1. The SMILES string of the molecule is C=C(C)CCC(C)(OC)OOC(C)(C)C. The zero-order chi connectivity index (χ0) is 12.1. The summed E-state index contributed by atoms with van der Waals surface area (Å²) in [7, 11) is 1.62. The van der Waals surface area contributed by atoms with Crippen molar-refractivity contribution in [2.75, 3.05) is 7.11 Å². The fourth-order valence-corrected chi connectivity index (χ4v) is 0.831. The molecular weight excluding hydrogens is 192 g/mol. The molecule has 0 fully saturated rings. The molecule has 0 aliphatic carbocycles. The molecule has 1 atom stereocenters. The first-order chi connectivity index (χ1) is 6.68. The fraction of sp³-hybridized carbons (Fsp3) is 0.833. The highest BCUT2D eigenvalue weighted by Crippen LogP contribution is 2.23. The van der Waals surface area contributed by atoms with Gasteiger partial charge in [-0.1, -0.05) is 5.57 Å². The molecule has 0 radical (unpaired) electrons. The summed E-state index contributed by atoms with van der Waals surface area (Å²) in [4.78, 5) is 10.6. The average molecular weight is 216 g/mol. The third-order valence-electron chi connectivity index (χ3n) is 1.91. The monoisotopic (exact) mass is 216 g/mol. The molecule has 15 heavy (non-hydrogen) atoms. The molecule has 0 rings (SSSR count). The van der Waals surface area contributed by atoms with Crippen LogP contribution in [0.3, 0.4) is 0 Å².